The average molecular weight is 514 g/mol. The Kier molecular flexibility index (Phi) is 5.80. The van der Waals surface area contributed by atoms with E-state index >= 15 is 4.39 Å². The first-order valence-electron chi connectivity index (χ1n) is 13.8. The minimum atomic E-state index is -0.523. The number of aromatic nitrogens is 3. The first-order chi connectivity index (χ1) is 18.6. The molecule has 3 aliphatic rings. The van der Waals surface area contributed by atoms with Crippen LogP contribution in [0.1, 0.15) is 44.9 Å². The lowest BCUT2D eigenvalue weighted by Gasteiger charge is -2.32. The number of phenolic OH excluding ortho intramolecular Hbond substituents is 1. The van der Waals surface area contributed by atoms with Crippen LogP contribution in [0.25, 0.3) is 32.9 Å². The number of fused-ring (bicyclic) bond motifs is 3. The maximum atomic E-state index is 16.4. The predicted octanol–water partition coefficient (Wildman–Crippen LogP) is 5.69. The molecule has 1 N–H and O–H groups in total. The summed E-state index contributed by atoms with van der Waals surface area (Å²) < 4.78 is 22.7. The van der Waals surface area contributed by atoms with Gasteiger partial charge in [-0.2, -0.15) is 9.97 Å². The summed E-state index contributed by atoms with van der Waals surface area (Å²) in [6, 6.07) is 11.1. The molecule has 2 aromatic heterocycles. The molecular formula is C30H32FN5O2. The summed E-state index contributed by atoms with van der Waals surface area (Å²) in [5, 5.41) is 12.6. The number of benzene rings is 2. The molecule has 7 nitrogen and oxygen atoms in total. The average Bonchev–Trinajstić information content (AvgIpc) is 3.53. The molecule has 38 heavy (non-hydrogen) atoms. The number of halogens is 1. The zero-order valence-electron chi connectivity index (χ0n) is 21.5. The van der Waals surface area contributed by atoms with Crippen molar-refractivity contribution in [2.75, 3.05) is 37.7 Å². The number of hydrogen-bond acceptors (Lipinski definition) is 7. The van der Waals surface area contributed by atoms with Crippen LogP contribution < -0.4 is 9.64 Å². The molecule has 5 heterocycles. The summed E-state index contributed by atoms with van der Waals surface area (Å²) in [7, 11) is 0. The molecule has 2 aromatic carbocycles. The maximum absolute atomic E-state index is 16.4. The van der Waals surface area contributed by atoms with Gasteiger partial charge in [0.05, 0.1) is 10.9 Å². The maximum Gasteiger partial charge on any atom is 0.319 e. The Bertz CT molecular complexity index is 1510. The second-order valence-corrected chi connectivity index (χ2v) is 11.0. The van der Waals surface area contributed by atoms with Crippen LogP contribution in [0.4, 0.5) is 10.2 Å². The van der Waals surface area contributed by atoms with E-state index in [1.165, 1.54) is 19.3 Å². The van der Waals surface area contributed by atoms with Gasteiger partial charge in [0, 0.05) is 24.8 Å². The van der Waals surface area contributed by atoms with Crippen LogP contribution in [-0.2, 0) is 0 Å². The second kappa shape index (κ2) is 9.34. The van der Waals surface area contributed by atoms with E-state index < -0.39 is 5.82 Å². The lowest BCUT2D eigenvalue weighted by Crippen LogP contribution is -2.43. The van der Waals surface area contributed by atoms with Crippen LogP contribution >= 0.6 is 0 Å². The van der Waals surface area contributed by atoms with Crippen molar-refractivity contribution in [3.8, 4) is 23.0 Å². The van der Waals surface area contributed by atoms with Crippen LogP contribution in [0.3, 0.4) is 0 Å². The molecule has 3 saturated heterocycles. The molecular weight excluding hydrogens is 481 g/mol. The third-order valence-corrected chi connectivity index (χ3v) is 8.68. The number of nitrogens with zero attached hydrogens (tertiary/aromatic N) is 5. The molecule has 0 unspecified atom stereocenters. The Morgan fingerprint density at radius 1 is 0.921 bits per heavy atom. The molecule has 0 spiro atoms. The Morgan fingerprint density at radius 3 is 2.53 bits per heavy atom. The standard InChI is InChI=1S/C30H32FN5O2/c31-25-26(23-17-21(37)16-20-8-2-3-9-22(20)23)32-18-24-27(25)33-29(34-28(24)35-12-4-1-5-13-35)38-19-30-10-6-14-36(30)15-7-11-30/h2-3,8-9,16-18,37H,1,4-7,10-15,19H2. The van der Waals surface area contributed by atoms with Crippen molar-refractivity contribution in [3.05, 3.63) is 48.4 Å². The van der Waals surface area contributed by atoms with E-state index in [1.54, 1.807) is 18.3 Å². The van der Waals surface area contributed by atoms with E-state index in [4.69, 9.17) is 9.72 Å². The summed E-state index contributed by atoms with van der Waals surface area (Å²) >= 11 is 0. The van der Waals surface area contributed by atoms with Crippen molar-refractivity contribution >= 4 is 27.5 Å². The fourth-order valence-corrected chi connectivity index (χ4v) is 6.77. The number of pyridine rings is 1. The third kappa shape index (κ3) is 3.93. The van der Waals surface area contributed by atoms with Crippen molar-refractivity contribution < 1.29 is 14.2 Å². The molecule has 0 bridgehead atoms. The molecule has 3 fully saturated rings. The van der Waals surface area contributed by atoms with Gasteiger partial charge in [-0.25, -0.2) is 4.39 Å². The van der Waals surface area contributed by atoms with Crippen LogP contribution in [0.5, 0.6) is 11.8 Å². The highest BCUT2D eigenvalue weighted by atomic mass is 19.1. The highest BCUT2D eigenvalue weighted by molar-refractivity contribution is 5.99. The largest absolute Gasteiger partial charge is 0.508 e. The normalized spacial score (nSPS) is 19.3. The Labute approximate surface area is 221 Å². The molecule has 0 radical (unpaired) electrons. The van der Waals surface area contributed by atoms with Gasteiger partial charge in [0.1, 0.15) is 29.4 Å². The number of ether oxygens (including phenoxy) is 1. The summed E-state index contributed by atoms with van der Waals surface area (Å²) in [5.41, 5.74) is 0.953. The van der Waals surface area contributed by atoms with Crippen LogP contribution in [0, 0.1) is 5.82 Å². The van der Waals surface area contributed by atoms with Gasteiger partial charge in [-0.05, 0) is 80.9 Å². The number of rotatable bonds is 5. The molecule has 0 saturated carbocycles. The van der Waals surface area contributed by atoms with E-state index in [0.29, 0.717) is 23.4 Å². The Balaban J connectivity index is 1.35. The summed E-state index contributed by atoms with van der Waals surface area (Å²) in [6.45, 7) is 4.48. The van der Waals surface area contributed by atoms with Crippen molar-refractivity contribution in [3.63, 3.8) is 0 Å². The van der Waals surface area contributed by atoms with Gasteiger partial charge in [-0.15, -0.1) is 0 Å². The lowest BCUT2D eigenvalue weighted by atomic mass is 9.95. The topological polar surface area (TPSA) is 74.6 Å². The zero-order valence-corrected chi connectivity index (χ0v) is 21.5. The van der Waals surface area contributed by atoms with Gasteiger partial charge in [0.25, 0.3) is 0 Å². The third-order valence-electron chi connectivity index (χ3n) is 8.68. The molecule has 4 aromatic rings. The van der Waals surface area contributed by atoms with Gasteiger partial charge in [-0.1, -0.05) is 24.3 Å². The number of hydrogen-bond donors (Lipinski definition) is 1. The monoisotopic (exact) mass is 513 g/mol. The number of anilines is 1. The van der Waals surface area contributed by atoms with Gasteiger partial charge >= 0.3 is 6.01 Å². The zero-order chi connectivity index (χ0) is 25.7. The first kappa shape index (κ1) is 23.6. The summed E-state index contributed by atoms with van der Waals surface area (Å²) in [5.74, 6) is 0.235. The van der Waals surface area contributed by atoms with E-state index in [2.05, 4.69) is 19.8 Å². The number of piperidine rings is 1. The van der Waals surface area contributed by atoms with Crippen molar-refractivity contribution in [1.82, 2.24) is 19.9 Å². The fraction of sp³-hybridized carbons (Fsp3) is 0.433. The fourth-order valence-electron chi connectivity index (χ4n) is 6.77. The van der Waals surface area contributed by atoms with Crippen LogP contribution in [0.2, 0.25) is 0 Å². The van der Waals surface area contributed by atoms with Crippen molar-refractivity contribution in [2.24, 2.45) is 0 Å². The van der Waals surface area contributed by atoms with Gasteiger partial charge in [-0.3, -0.25) is 9.88 Å². The molecule has 8 heteroatoms. The number of aromatic hydroxyl groups is 1. The van der Waals surface area contributed by atoms with Gasteiger partial charge in [0.15, 0.2) is 5.82 Å². The van der Waals surface area contributed by atoms with E-state index in [0.717, 1.165) is 62.6 Å². The second-order valence-electron chi connectivity index (χ2n) is 11.0. The first-order valence-corrected chi connectivity index (χ1v) is 13.8. The molecule has 0 amide bonds. The smallest absolute Gasteiger partial charge is 0.319 e. The quantitative estimate of drug-likeness (QED) is 0.368. The summed E-state index contributed by atoms with van der Waals surface area (Å²) in [6.07, 6.45) is 9.60. The van der Waals surface area contributed by atoms with Gasteiger partial charge < -0.3 is 14.7 Å². The minimum Gasteiger partial charge on any atom is -0.508 e. The molecule has 0 aliphatic carbocycles. The van der Waals surface area contributed by atoms with Crippen molar-refractivity contribution in [1.29, 1.82) is 0 Å². The SMILES string of the molecule is Oc1cc(-c2ncc3c(N4CCCCC4)nc(OCC45CCCN4CCC5)nc3c2F)c2ccccc2c1. The molecule has 0 atom stereocenters. The van der Waals surface area contributed by atoms with Gasteiger partial charge in [0.2, 0.25) is 0 Å². The van der Waals surface area contributed by atoms with E-state index in [-0.39, 0.29) is 28.5 Å². The summed E-state index contributed by atoms with van der Waals surface area (Å²) in [4.78, 5) is 18.8. The van der Waals surface area contributed by atoms with Crippen LogP contribution in [-0.4, -0.2) is 63.3 Å². The Hall–Kier alpha value is -3.52. The van der Waals surface area contributed by atoms with Crippen LogP contribution in [0.15, 0.2) is 42.6 Å². The highest BCUT2D eigenvalue weighted by Gasteiger charge is 2.45. The molecule has 7 rings (SSSR count). The minimum absolute atomic E-state index is 0.0477. The molecule has 3 aliphatic heterocycles. The van der Waals surface area contributed by atoms with E-state index in [1.807, 2.05) is 24.3 Å². The van der Waals surface area contributed by atoms with Crippen molar-refractivity contribution in [2.45, 2.75) is 50.5 Å². The van der Waals surface area contributed by atoms with E-state index in [9.17, 15) is 5.11 Å². The molecule has 196 valence electrons. The number of phenols is 1. The Morgan fingerprint density at radius 2 is 1.71 bits per heavy atom. The predicted molar refractivity (Wildman–Crippen MR) is 146 cm³/mol. The highest BCUT2D eigenvalue weighted by Crippen LogP contribution is 2.40. The lowest BCUT2D eigenvalue weighted by molar-refractivity contribution is 0.108.